The molecule has 0 saturated carbocycles. The lowest BCUT2D eigenvalue weighted by molar-refractivity contribution is 0.254. The van der Waals surface area contributed by atoms with E-state index >= 15 is 0 Å². The van der Waals surface area contributed by atoms with E-state index in [0.717, 1.165) is 31.5 Å². The molecular formula is C13H17FN2. The standard InChI is InChI=1S/C13H17FN2/c1-12(14)4-2-11(3-5-12)13(10-15)6-8-16-9-7-13/h2-4,16H,5-9H2,1H3. The van der Waals surface area contributed by atoms with E-state index in [0.29, 0.717) is 6.42 Å². The summed E-state index contributed by atoms with van der Waals surface area (Å²) in [5.41, 5.74) is -0.627. The molecule has 1 heterocycles. The summed E-state index contributed by atoms with van der Waals surface area (Å²) in [6.07, 6.45) is 7.32. The first kappa shape index (κ1) is 11.3. The first-order chi connectivity index (χ1) is 7.58. The third-order valence-corrected chi connectivity index (χ3v) is 3.56. The molecule has 1 unspecified atom stereocenters. The quantitative estimate of drug-likeness (QED) is 0.737. The van der Waals surface area contributed by atoms with E-state index in [2.05, 4.69) is 11.4 Å². The van der Waals surface area contributed by atoms with Crippen molar-refractivity contribution in [2.24, 2.45) is 5.41 Å². The molecule has 1 saturated heterocycles. The number of hydrogen-bond donors (Lipinski definition) is 1. The minimum Gasteiger partial charge on any atom is -0.317 e. The number of hydrogen-bond acceptors (Lipinski definition) is 2. The summed E-state index contributed by atoms with van der Waals surface area (Å²) in [6.45, 7) is 3.30. The van der Waals surface area contributed by atoms with Crippen molar-refractivity contribution in [1.29, 1.82) is 5.26 Å². The van der Waals surface area contributed by atoms with Crippen LogP contribution in [0.4, 0.5) is 4.39 Å². The predicted octanol–water partition coefficient (Wildman–Crippen LogP) is 2.49. The number of nitrogens with zero attached hydrogens (tertiary/aromatic N) is 1. The van der Waals surface area contributed by atoms with Crippen molar-refractivity contribution < 1.29 is 4.39 Å². The van der Waals surface area contributed by atoms with Crippen LogP contribution in [0.2, 0.25) is 0 Å². The van der Waals surface area contributed by atoms with Crippen molar-refractivity contribution in [1.82, 2.24) is 5.32 Å². The topological polar surface area (TPSA) is 35.8 Å². The van der Waals surface area contributed by atoms with Crippen molar-refractivity contribution in [3.05, 3.63) is 23.8 Å². The molecule has 86 valence electrons. The highest BCUT2D eigenvalue weighted by Crippen LogP contribution is 2.40. The van der Waals surface area contributed by atoms with Gasteiger partial charge in [0.1, 0.15) is 5.67 Å². The third kappa shape index (κ3) is 2.03. The van der Waals surface area contributed by atoms with Crippen molar-refractivity contribution >= 4 is 0 Å². The van der Waals surface area contributed by atoms with Crippen LogP contribution in [0.1, 0.15) is 26.2 Å². The fourth-order valence-corrected chi connectivity index (χ4v) is 2.38. The number of piperidine rings is 1. The highest BCUT2D eigenvalue weighted by Gasteiger charge is 2.36. The molecular weight excluding hydrogens is 203 g/mol. The number of allylic oxidation sites excluding steroid dienone is 4. The van der Waals surface area contributed by atoms with Gasteiger partial charge >= 0.3 is 0 Å². The van der Waals surface area contributed by atoms with Crippen molar-refractivity contribution in [2.75, 3.05) is 13.1 Å². The molecule has 2 rings (SSSR count). The van der Waals surface area contributed by atoms with Crippen molar-refractivity contribution in [3.8, 4) is 6.07 Å². The Labute approximate surface area is 95.8 Å². The number of nitrogens with one attached hydrogen (secondary N) is 1. The molecule has 1 aliphatic carbocycles. The minimum absolute atomic E-state index is 0.385. The highest BCUT2D eigenvalue weighted by molar-refractivity contribution is 5.38. The molecule has 0 aromatic rings. The minimum atomic E-state index is -1.24. The summed E-state index contributed by atoms with van der Waals surface area (Å²) in [5.74, 6) is 0. The zero-order valence-electron chi connectivity index (χ0n) is 9.59. The molecule has 0 radical (unpaired) electrons. The van der Waals surface area contributed by atoms with Gasteiger partial charge in [0.2, 0.25) is 0 Å². The van der Waals surface area contributed by atoms with Gasteiger partial charge in [-0.15, -0.1) is 0 Å². The van der Waals surface area contributed by atoms with E-state index in [1.54, 1.807) is 19.1 Å². The maximum absolute atomic E-state index is 13.6. The normalized spacial score (nSPS) is 32.9. The number of nitriles is 1. The van der Waals surface area contributed by atoms with Gasteiger partial charge in [-0.1, -0.05) is 12.2 Å². The van der Waals surface area contributed by atoms with E-state index in [1.807, 2.05) is 6.08 Å². The van der Waals surface area contributed by atoms with Gasteiger partial charge in [0.05, 0.1) is 11.5 Å². The summed E-state index contributed by atoms with van der Waals surface area (Å²) in [4.78, 5) is 0. The van der Waals surface area contributed by atoms with E-state index in [1.165, 1.54) is 0 Å². The average Bonchev–Trinajstić information content (AvgIpc) is 2.30. The first-order valence-electron chi connectivity index (χ1n) is 5.79. The maximum Gasteiger partial charge on any atom is 0.130 e. The van der Waals surface area contributed by atoms with Gasteiger partial charge in [-0.25, -0.2) is 4.39 Å². The van der Waals surface area contributed by atoms with E-state index in [-0.39, 0.29) is 0 Å². The Hall–Kier alpha value is -1.14. The SMILES string of the molecule is CC1(F)C=CC(C2(C#N)CCNCC2)=CC1. The second-order valence-corrected chi connectivity index (χ2v) is 4.92. The van der Waals surface area contributed by atoms with Crippen LogP contribution in [0.25, 0.3) is 0 Å². The van der Waals surface area contributed by atoms with E-state index in [9.17, 15) is 9.65 Å². The summed E-state index contributed by atoms with van der Waals surface area (Å²) < 4.78 is 13.6. The largest absolute Gasteiger partial charge is 0.317 e. The van der Waals surface area contributed by atoms with Crippen LogP contribution in [0.15, 0.2) is 23.8 Å². The summed E-state index contributed by atoms with van der Waals surface area (Å²) in [7, 11) is 0. The van der Waals surface area contributed by atoms with Gasteiger partial charge in [-0.3, -0.25) is 0 Å². The Morgan fingerprint density at radius 1 is 1.44 bits per heavy atom. The fourth-order valence-electron chi connectivity index (χ4n) is 2.38. The predicted molar refractivity (Wildman–Crippen MR) is 61.5 cm³/mol. The van der Waals surface area contributed by atoms with Gasteiger partial charge in [-0.05, 0) is 44.5 Å². The second-order valence-electron chi connectivity index (χ2n) is 4.92. The summed E-state index contributed by atoms with van der Waals surface area (Å²) in [5, 5.41) is 12.6. The highest BCUT2D eigenvalue weighted by atomic mass is 19.1. The molecule has 0 aromatic heterocycles. The lowest BCUT2D eigenvalue weighted by atomic mass is 9.71. The van der Waals surface area contributed by atoms with Crippen molar-refractivity contribution in [2.45, 2.75) is 31.9 Å². The van der Waals surface area contributed by atoms with Gasteiger partial charge in [0.15, 0.2) is 0 Å². The van der Waals surface area contributed by atoms with Crippen LogP contribution >= 0.6 is 0 Å². The van der Waals surface area contributed by atoms with Gasteiger partial charge in [-0.2, -0.15) is 5.26 Å². The summed E-state index contributed by atoms with van der Waals surface area (Å²) in [6, 6.07) is 2.43. The van der Waals surface area contributed by atoms with Crippen LogP contribution in [0.3, 0.4) is 0 Å². The molecule has 16 heavy (non-hydrogen) atoms. The fraction of sp³-hybridized carbons (Fsp3) is 0.615. The first-order valence-corrected chi connectivity index (χ1v) is 5.79. The number of rotatable bonds is 1. The van der Waals surface area contributed by atoms with Crippen LogP contribution < -0.4 is 5.32 Å². The lowest BCUT2D eigenvalue weighted by Gasteiger charge is -2.34. The maximum atomic E-state index is 13.6. The van der Waals surface area contributed by atoms with Crippen LogP contribution in [0, 0.1) is 16.7 Å². The Kier molecular flexibility index (Phi) is 2.86. The number of halogens is 1. The smallest absolute Gasteiger partial charge is 0.130 e. The van der Waals surface area contributed by atoms with Gasteiger partial charge < -0.3 is 5.32 Å². The second kappa shape index (κ2) is 4.03. The molecule has 3 heteroatoms. The zero-order valence-corrected chi connectivity index (χ0v) is 9.59. The number of alkyl halides is 1. The molecule has 1 fully saturated rings. The molecule has 2 nitrogen and oxygen atoms in total. The molecule has 0 bridgehead atoms. The van der Waals surface area contributed by atoms with Crippen molar-refractivity contribution in [3.63, 3.8) is 0 Å². The molecule has 0 amide bonds. The Bertz CT molecular complexity index is 368. The van der Waals surface area contributed by atoms with E-state index < -0.39 is 11.1 Å². The molecule has 0 aromatic carbocycles. The molecule has 2 aliphatic rings. The molecule has 1 aliphatic heterocycles. The Balaban J connectivity index is 2.21. The monoisotopic (exact) mass is 220 g/mol. The molecule has 1 N–H and O–H groups in total. The zero-order chi connectivity index (χ0) is 11.6. The Morgan fingerprint density at radius 3 is 2.62 bits per heavy atom. The molecule has 1 atom stereocenters. The van der Waals surface area contributed by atoms with Gasteiger partial charge in [0.25, 0.3) is 0 Å². The van der Waals surface area contributed by atoms with Crippen LogP contribution in [0.5, 0.6) is 0 Å². The lowest BCUT2D eigenvalue weighted by Crippen LogP contribution is -2.37. The summed E-state index contributed by atoms with van der Waals surface area (Å²) >= 11 is 0. The van der Waals surface area contributed by atoms with Gasteiger partial charge in [0, 0.05) is 6.42 Å². The van der Waals surface area contributed by atoms with E-state index in [4.69, 9.17) is 0 Å². The molecule has 0 spiro atoms. The third-order valence-electron chi connectivity index (χ3n) is 3.56. The van der Waals surface area contributed by atoms with Crippen LogP contribution in [-0.2, 0) is 0 Å². The average molecular weight is 220 g/mol. The Morgan fingerprint density at radius 2 is 2.12 bits per heavy atom. The van der Waals surface area contributed by atoms with Crippen LogP contribution in [-0.4, -0.2) is 18.8 Å².